The van der Waals surface area contributed by atoms with Gasteiger partial charge in [-0.25, -0.2) is 9.79 Å². The van der Waals surface area contributed by atoms with Crippen LogP contribution < -0.4 is 4.90 Å². The highest BCUT2D eigenvalue weighted by atomic mass is 79.9. The molecule has 5 heteroatoms. The molecule has 3 rings (SSSR count). The van der Waals surface area contributed by atoms with E-state index in [1.54, 1.807) is 6.08 Å². The Morgan fingerprint density at radius 2 is 1.87 bits per heavy atom. The van der Waals surface area contributed by atoms with Crippen molar-refractivity contribution in [1.29, 1.82) is 0 Å². The highest BCUT2D eigenvalue weighted by Gasteiger charge is 2.23. The predicted octanol–water partition coefficient (Wildman–Crippen LogP) is 3.86. The molecule has 0 amide bonds. The van der Waals surface area contributed by atoms with Crippen LogP contribution in [0.4, 0.5) is 5.69 Å². The number of esters is 1. The molecule has 2 aromatic carbocycles. The SMILES string of the molecule is CN(C)c1ccc(C=C2N=C(c3ccccc3)OC2=O)cc1Br. The fourth-order valence-electron chi connectivity index (χ4n) is 2.25. The van der Waals surface area contributed by atoms with E-state index in [0.717, 1.165) is 21.3 Å². The number of nitrogens with zero attached hydrogens (tertiary/aromatic N) is 2. The Kier molecular flexibility index (Phi) is 4.30. The summed E-state index contributed by atoms with van der Waals surface area (Å²) >= 11 is 3.54. The van der Waals surface area contributed by atoms with Gasteiger partial charge in [0.2, 0.25) is 5.90 Å². The molecule has 1 aliphatic heterocycles. The van der Waals surface area contributed by atoms with E-state index in [9.17, 15) is 4.79 Å². The lowest BCUT2D eigenvalue weighted by Gasteiger charge is -2.14. The summed E-state index contributed by atoms with van der Waals surface area (Å²) in [6, 6.07) is 15.3. The highest BCUT2D eigenvalue weighted by molar-refractivity contribution is 9.10. The first kappa shape index (κ1) is 15.5. The summed E-state index contributed by atoms with van der Waals surface area (Å²) in [6.07, 6.45) is 1.72. The summed E-state index contributed by atoms with van der Waals surface area (Å²) in [5.41, 5.74) is 3.03. The van der Waals surface area contributed by atoms with Crippen molar-refractivity contribution in [2.45, 2.75) is 0 Å². The van der Waals surface area contributed by atoms with E-state index in [2.05, 4.69) is 20.9 Å². The second-order valence-corrected chi connectivity index (χ2v) is 6.16. The minimum Gasteiger partial charge on any atom is -0.402 e. The van der Waals surface area contributed by atoms with Gasteiger partial charge in [0.1, 0.15) is 0 Å². The maximum Gasteiger partial charge on any atom is 0.363 e. The Morgan fingerprint density at radius 3 is 2.52 bits per heavy atom. The maximum absolute atomic E-state index is 12.0. The number of hydrogen-bond acceptors (Lipinski definition) is 4. The van der Waals surface area contributed by atoms with Crippen LogP contribution in [0.25, 0.3) is 6.08 Å². The normalized spacial score (nSPS) is 15.5. The number of halogens is 1. The quantitative estimate of drug-likeness (QED) is 0.608. The Labute approximate surface area is 143 Å². The zero-order valence-electron chi connectivity index (χ0n) is 12.8. The van der Waals surface area contributed by atoms with Crippen LogP contribution in [-0.4, -0.2) is 26.0 Å². The van der Waals surface area contributed by atoms with Gasteiger partial charge in [-0.2, -0.15) is 0 Å². The molecule has 0 unspecified atom stereocenters. The second-order valence-electron chi connectivity index (χ2n) is 5.31. The van der Waals surface area contributed by atoms with Gasteiger partial charge in [-0.05, 0) is 51.8 Å². The van der Waals surface area contributed by atoms with Gasteiger partial charge in [-0.3, -0.25) is 0 Å². The van der Waals surface area contributed by atoms with Crippen molar-refractivity contribution in [2.75, 3.05) is 19.0 Å². The largest absolute Gasteiger partial charge is 0.402 e. The molecule has 0 aromatic heterocycles. The maximum atomic E-state index is 12.0. The van der Waals surface area contributed by atoms with E-state index in [4.69, 9.17) is 4.74 Å². The number of rotatable bonds is 3. The molecule has 1 heterocycles. The van der Waals surface area contributed by atoms with Gasteiger partial charge in [-0.15, -0.1) is 0 Å². The van der Waals surface area contributed by atoms with Gasteiger partial charge < -0.3 is 9.64 Å². The first-order valence-corrected chi connectivity index (χ1v) is 7.89. The van der Waals surface area contributed by atoms with Crippen LogP contribution in [-0.2, 0) is 9.53 Å². The molecule has 4 nitrogen and oxygen atoms in total. The number of anilines is 1. The van der Waals surface area contributed by atoms with Crippen LogP contribution in [0.1, 0.15) is 11.1 Å². The molecule has 0 spiro atoms. The highest BCUT2D eigenvalue weighted by Crippen LogP contribution is 2.27. The summed E-state index contributed by atoms with van der Waals surface area (Å²) in [7, 11) is 3.95. The number of carbonyl (C=O) groups is 1. The van der Waals surface area contributed by atoms with E-state index in [1.165, 1.54) is 0 Å². The van der Waals surface area contributed by atoms with Crippen molar-refractivity contribution in [3.05, 3.63) is 69.8 Å². The molecular formula is C18H15BrN2O2. The molecular weight excluding hydrogens is 356 g/mol. The molecule has 0 saturated carbocycles. The average molecular weight is 371 g/mol. The first-order valence-electron chi connectivity index (χ1n) is 7.09. The predicted molar refractivity (Wildman–Crippen MR) is 95.5 cm³/mol. The molecule has 116 valence electrons. The van der Waals surface area contributed by atoms with Gasteiger partial charge in [-0.1, -0.05) is 24.3 Å². The third-order valence-corrected chi connectivity index (χ3v) is 4.03. The van der Waals surface area contributed by atoms with Crippen molar-refractivity contribution in [3.63, 3.8) is 0 Å². The molecule has 0 radical (unpaired) electrons. The lowest BCUT2D eigenvalue weighted by Crippen LogP contribution is -2.09. The number of benzene rings is 2. The molecule has 0 atom stereocenters. The minimum absolute atomic E-state index is 0.299. The molecule has 2 aromatic rings. The van der Waals surface area contributed by atoms with Crippen LogP contribution in [0.3, 0.4) is 0 Å². The molecule has 1 aliphatic rings. The van der Waals surface area contributed by atoms with Crippen molar-refractivity contribution in [3.8, 4) is 0 Å². The lowest BCUT2D eigenvalue weighted by molar-refractivity contribution is -0.129. The number of carbonyl (C=O) groups excluding carboxylic acids is 1. The van der Waals surface area contributed by atoms with Crippen molar-refractivity contribution >= 4 is 39.6 Å². The smallest absolute Gasteiger partial charge is 0.363 e. The fraction of sp³-hybridized carbons (Fsp3) is 0.111. The molecule has 0 aliphatic carbocycles. The van der Waals surface area contributed by atoms with Crippen LogP contribution in [0.15, 0.2) is 63.7 Å². The van der Waals surface area contributed by atoms with Crippen LogP contribution in [0, 0.1) is 0 Å². The second kappa shape index (κ2) is 6.38. The van der Waals surface area contributed by atoms with Gasteiger partial charge in [0.05, 0.1) is 5.69 Å². The number of ether oxygens (including phenoxy) is 1. The van der Waals surface area contributed by atoms with Crippen molar-refractivity contribution < 1.29 is 9.53 Å². The Morgan fingerprint density at radius 1 is 1.13 bits per heavy atom. The first-order chi connectivity index (χ1) is 11.0. The summed E-state index contributed by atoms with van der Waals surface area (Å²) in [4.78, 5) is 18.3. The summed E-state index contributed by atoms with van der Waals surface area (Å²) in [6.45, 7) is 0. The molecule has 23 heavy (non-hydrogen) atoms. The van der Waals surface area contributed by atoms with E-state index < -0.39 is 5.97 Å². The van der Waals surface area contributed by atoms with E-state index in [0.29, 0.717) is 11.6 Å². The van der Waals surface area contributed by atoms with Crippen LogP contribution in [0.5, 0.6) is 0 Å². The van der Waals surface area contributed by atoms with E-state index >= 15 is 0 Å². The van der Waals surface area contributed by atoms with Gasteiger partial charge >= 0.3 is 5.97 Å². The lowest BCUT2D eigenvalue weighted by atomic mass is 10.1. The van der Waals surface area contributed by atoms with Crippen molar-refractivity contribution in [1.82, 2.24) is 0 Å². The standard InChI is InChI=1S/C18H15BrN2O2/c1-21(2)16-9-8-12(10-14(16)19)11-15-18(22)23-17(20-15)13-6-4-3-5-7-13/h3-11H,1-2H3. The van der Waals surface area contributed by atoms with Gasteiger partial charge in [0.15, 0.2) is 5.70 Å². The molecule has 0 bridgehead atoms. The zero-order valence-corrected chi connectivity index (χ0v) is 14.4. The Balaban J connectivity index is 1.92. The molecule has 0 saturated heterocycles. The van der Waals surface area contributed by atoms with Gasteiger partial charge in [0, 0.05) is 24.1 Å². The summed E-state index contributed by atoms with van der Waals surface area (Å²) in [5, 5.41) is 0. The Bertz CT molecular complexity index is 811. The van der Waals surface area contributed by atoms with E-state index in [1.807, 2.05) is 67.5 Å². The molecule has 0 fully saturated rings. The number of aliphatic imine (C=N–C) groups is 1. The fourth-order valence-corrected chi connectivity index (χ4v) is 3.00. The van der Waals surface area contributed by atoms with Crippen molar-refractivity contribution in [2.24, 2.45) is 4.99 Å². The number of hydrogen-bond donors (Lipinski definition) is 0. The number of cyclic esters (lactones) is 1. The Hall–Kier alpha value is -2.40. The monoisotopic (exact) mass is 370 g/mol. The van der Waals surface area contributed by atoms with Gasteiger partial charge in [0.25, 0.3) is 0 Å². The summed E-state index contributed by atoms with van der Waals surface area (Å²) < 4.78 is 6.20. The minimum atomic E-state index is -0.434. The third-order valence-electron chi connectivity index (χ3n) is 3.40. The van der Waals surface area contributed by atoms with Crippen LogP contribution in [0.2, 0.25) is 0 Å². The molecule has 0 N–H and O–H groups in total. The summed E-state index contributed by atoms with van der Waals surface area (Å²) in [5.74, 6) is -0.0949. The zero-order chi connectivity index (χ0) is 16.4. The topological polar surface area (TPSA) is 41.9 Å². The third kappa shape index (κ3) is 3.35. The average Bonchev–Trinajstić information content (AvgIpc) is 2.89. The van der Waals surface area contributed by atoms with E-state index in [-0.39, 0.29) is 0 Å². The van der Waals surface area contributed by atoms with Crippen LogP contribution >= 0.6 is 15.9 Å².